The maximum atomic E-state index is 12.0. The van der Waals surface area contributed by atoms with Gasteiger partial charge in [0.2, 0.25) is 0 Å². The minimum Gasteiger partial charge on any atom is -0.396 e. The van der Waals surface area contributed by atoms with E-state index < -0.39 is 12.8 Å². The van der Waals surface area contributed by atoms with Crippen LogP contribution in [0.1, 0.15) is 19.3 Å². The van der Waals surface area contributed by atoms with E-state index in [0.29, 0.717) is 18.9 Å². The van der Waals surface area contributed by atoms with Gasteiger partial charge in [-0.2, -0.15) is 13.2 Å². The minimum absolute atomic E-state index is 0.0799. The zero-order chi connectivity index (χ0) is 17.4. The van der Waals surface area contributed by atoms with Gasteiger partial charge >= 0.3 is 6.18 Å². The van der Waals surface area contributed by atoms with Gasteiger partial charge in [-0.1, -0.05) is 12.1 Å². The Morgan fingerprint density at radius 2 is 1.92 bits per heavy atom. The van der Waals surface area contributed by atoms with Gasteiger partial charge in [0, 0.05) is 32.8 Å². The fraction of sp³-hybridized carbons (Fsp3) is 0.647. The van der Waals surface area contributed by atoms with Crippen LogP contribution in [0.2, 0.25) is 0 Å². The van der Waals surface area contributed by atoms with Gasteiger partial charge in [0.1, 0.15) is 6.61 Å². The fourth-order valence-corrected chi connectivity index (χ4v) is 2.84. The average Bonchev–Trinajstić information content (AvgIpc) is 2.57. The normalized spacial score (nSPS) is 16.4. The van der Waals surface area contributed by atoms with Gasteiger partial charge in [-0.3, -0.25) is 0 Å². The number of piperidine rings is 1. The maximum Gasteiger partial charge on any atom is 0.411 e. The number of aliphatic hydroxyl groups excluding tert-OH is 1. The SMILES string of the molecule is OCC1CCN(c2ccccc2NCCCOCC(F)(F)F)CC1. The van der Waals surface area contributed by atoms with E-state index in [4.69, 9.17) is 0 Å². The second-order valence-electron chi connectivity index (χ2n) is 6.08. The van der Waals surface area contributed by atoms with Crippen molar-refractivity contribution in [3.8, 4) is 0 Å². The number of anilines is 2. The van der Waals surface area contributed by atoms with Crippen LogP contribution in [-0.2, 0) is 4.74 Å². The number of aliphatic hydroxyl groups is 1. The average molecular weight is 346 g/mol. The lowest BCUT2D eigenvalue weighted by Crippen LogP contribution is -2.35. The van der Waals surface area contributed by atoms with Crippen molar-refractivity contribution in [2.45, 2.75) is 25.4 Å². The Morgan fingerprint density at radius 3 is 2.58 bits per heavy atom. The van der Waals surface area contributed by atoms with Crippen LogP contribution in [0.5, 0.6) is 0 Å². The smallest absolute Gasteiger partial charge is 0.396 e. The monoisotopic (exact) mass is 346 g/mol. The number of benzene rings is 1. The number of hydrogen-bond donors (Lipinski definition) is 2. The Hall–Kier alpha value is -1.47. The van der Waals surface area contributed by atoms with Gasteiger partial charge in [-0.15, -0.1) is 0 Å². The molecule has 2 rings (SSSR count). The Balaban J connectivity index is 1.77. The van der Waals surface area contributed by atoms with Crippen molar-refractivity contribution in [2.24, 2.45) is 5.92 Å². The number of ether oxygens (including phenoxy) is 1. The molecule has 0 aliphatic carbocycles. The first-order valence-corrected chi connectivity index (χ1v) is 8.33. The van der Waals surface area contributed by atoms with Gasteiger partial charge in [-0.25, -0.2) is 0 Å². The molecule has 2 N–H and O–H groups in total. The predicted octanol–water partition coefficient (Wildman–Crippen LogP) is 3.28. The summed E-state index contributed by atoms with van der Waals surface area (Å²) >= 11 is 0. The number of nitrogens with one attached hydrogen (secondary N) is 1. The number of nitrogens with zero attached hydrogens (tertiary/aromatic N) is 1. The van der Waals surface area contributed by atoms with Crippen molar-refractivity contribution in [3.05, 3.63) is 24.3 Å². The second kappa shape index (κ2) is 9.13. The Labute approximate surface area is 140 Å². The van der Waals surface area contributed by atoms with Gasteiger partial charge in [0.05, 0.1) is 11.4 Å². The van der Waals surface area contributed by atoms with E-state index in [-0.39, 0.29) is 13.2 Å². The van der Waals surface area contributed by atoms with E-state index >= 15 is 0 Å². The Bertz CT molecular complexity index is 489. The number of hydrogen-bond acceptors (Lipinski definition) is 4. The highest BCUT2D eigenvalue weighted by molar-refractivity contribution is 5.70. The standard InChI is InChI=1S/C17H25F3N2O2/c18-17(19,20)13-24-11-3-8-21-15-4-1-2-5-16(15)22-9-6-14(12-23)7-10-22/h1-2,4-5,14,21,23H,3,6-13H2. The molecule has 7 heteroatoms. The molecule has 0 amide bonds. The second-order valence-corrected chi connectivity index (χ2v) is 6.08. The van der Waals surface area contributed by atoms with Crippen LogP contribution in [0.25, 0.3) is 0 Å². The minimum atomic E-state index is -4.26. The van der Waals surface area contributed by atoms with Crippen LogP contribution < -0.4 is 10.2 Å². The third kappa shape index (κ3) is 6.20. The molecule has 136 valence electrons. The van der Waals surface area contributed by atoms with Crippen molar-refractivity contribution in [3.63, 3.8) is 0 Å². The quantitative estimate of drug-likeness (QED) is 0.709. The molecule has 1 fully saturated rings. The number of para-hydroxylation sites is 2. The summed E-state index contributed by atoms with van der Waals surface area (Å²) in [7, 11) is 0. The summed E-state index contributed by atoms with van der Waals surface area (Å²) in [4.78, 5) is 2.29. The predicted molar refractivity (Wildman–Crippen MR) is 88.4 cm³/mol. The summed E-state index contributed by atoms with van der Waals surface area (Å²) < 4.78 is 40.5. The van der Waals surface area contributed by atoms with Gasteiger partial charge in [0.25, 0.3) is 0 Å². The first kappa shape index (κ1) is 18.9. The zero-order valence-corrected chi connectivity index (χ0v) is 13.7. The third-order valence-electron chi connectivity index (χ3n) is 4.16. The summed E-state index contributed by atoms with van der Waals surface area (Å²) in [6.07, 6.45) is -1.82. The van der Waals surface area contributed by atoms with E-state index in [1.165, 1.54) is 0 Å². The third-order valence-corrected chi connectivity index (χ3v) is 4.16. The summed E-state index contributed by atoms with van der Waals surface area (Å²) in [6.45, 7) is 1.49. The van der Waals surface area contributed by atoms with E-state index in [2.05, 4.69) is 15.0 Å². The van der Waals surface area contributed by atoms with Crippen LogP contribution in [-0.4, -0.2) is 50.7 Å². The molecule has 1 saturated heterocycles. The fourth-order valence-electron chi connectivity index (χ4n) is 2.84. The molecule has 0 radical (unpaired) electrons. The highest BCUT2D eigenvalue weighted by Gasteiger charge is 2.27. The lowest BCUT2D eigenvalue weighted by atomic mass is 9.97. The zero-order valence-electron chi connectivity index (χ0n) is 13.7. The first-order chi connectivity index (χ1) is 11.5. The summed E-state index contributed by atoms with van der Waals surface area (Å²) in [5.74, 6) is 0.382. The topological polar surface area (TPSA) is 44.7 Å². The molecule has 0 bridgehead atoms. The number of alkyl halides is 3. The van der Waals surface area contributed by atoms with Crippen molar-refractivity contribution in [2.75, 3.05) is 49.7 Å². The van der Waals surface area contributed by atoms with Gasteiger partial charge in [-0.05, 0) is 37.3 Å². The molecular formula is C17H25F3N2O2. The van der Waals surface area contributed by atoms with E-state index in [1.54, 1.807) is 0 Å². The van der Waals surface area contributed by atoms with Gasteiger partial charge in [0.15, 0.2) is 0 Å². The van der Waals surface area contributed by atoms with Crippen molar-refractivity contribution >= 4 is 11.4 Å². The van der Waals surface area contributed by atoms with Crippen LogP contribution in [0, 0.1) is 5.92 Å². The molecule has 0 atom stereocenters. The molecule has 0 unspecified atom stereocenters. The number of halogens is 3. The Kier molecular flexibility index (Phi) is 7.17. The molecule has 1 aliphatic heterocycles. The molecular weight excluding hydrogens is 321 g/mol. The van der Waals surface area contributed by atoms with Crippen LogP contribution in [0.3, 0.4) is 0 Å². The Morgan fingerprint density at radius 1 is 1.21 bits per heavy atom. The van der Waals surface area contributed by atoms with Crippen molar-refractivity contribution < 1.29 is 23.0 Å². The molecule has 1 aromatic carbocycles. The molecule has 1 aromatic rings. The van der Waals surface area contributed by atoms with E-state index in [9.17, 15) is 18.3 Å². The lowest BCUT2D eigenvalue weighted by Gasteiger charge is -2.34. The van der Waals surface area contributed by atoms with Crippen molar-refractivity contribution in [1.82, 2.24) is 0 Å². The lowest BCUT2D eigenvalue weighted by molar-refractivity contribution is -0.173. The first-order valence-electron chi connectivity index (χ1n) is 8.33. The highest BCUT2D eigenvalue weighted by atomic mass is 19.4. The van der Waals surface area contributed by atoms with Crippen LogP contribution in [0.15, 0.2) is 24.3 Å². The van der Waals surface area contributed by atoms with E-state index in [0.717, 1.165) is 37.3 Å². The molecule has 4 nitrogen and oxygen atoms in total. The van der Waals surface area contributed by atoms with Crippen LogP contribution in [0.4, 0.5) is 24.5 Å². The molecule has 0 spiro atoms. The number of rotatable bonds is 8. The highest BCUT2D eigenvalue weighted by Crippen LogP contribution is 2.29. The van der Waals surface area contributed by atoms with Crippen LogP contribution >= 0.6 is 0 Å². The largest absolute Gasteiger partial charge is 0.411 e. The maximum absolute atomic E-state index is 12.0. The molecule has 24 heavy (non-hydrogen) atoms. The molecule has 0 saturated carbocycles. The van der Waals surface area contributed by atoms with Crippen molar-refractivity contribution in [1.29, 1.82) is 0 Å². The summed E-state index contributed by atoms with van der Waals surface area (Å²) in [5, 5.41) is 12.5. The molecule has 1 aliphatic rings. The van der Waals surface area contributed by atoms with Gasteiger partial charge < -0.3 is 20.1 Å². The van der Waals surface area contributed by atoms with E-state index in [1.807, 2.05) is 24.3 Å². The summed E-state index contributed by atoms with van der Waals surface area (Å²) in [5.41, 5.74) is 2.08. The molecule has 1 heterocycles. The molecule has 0 aromatic heterocycles. The summed E-state index contributed by atoms with van der Waals surface area (Å²) in [6, 6.07) is 7.93.